The molecule has 1 unspecified atom stereocenters. The molecule has 130 valence electrons. The van der Waals surface area contributed by atoms with Crippen LogP contribution in [0.5, 0.6) is 0 Å². The number of hydrogen-bond acceptors (Lipinski definition) is 4. The highest BCUT2D eigenvalue weighted by atomic mass is 32.2. The summed E-state index contributed by atoms with van der Waals surface area (Å²) in [5, 5.41) is 9.06. The Morgan fingerprint density at radius 1 is 1.29 bits per heavy atom. The highest BCUT2D eigenvalue weighted by molar-refractivity contribution is 7.99. The van der Waals surface area contributed by atoms with Crippen molar-refractivity contribution in [2.24, 2.45) is 0 Å². The first-order valence-electron chi connectivity index (χ1n) is 8.42. The molecule has 3 rings (SSSR count). The number of H-pyrrole nitrogens is 1. The fourth-order valence-electron chi connectivity index (χ4n) is 3.46. The van der Waals surface area contributed by atoms with E-state index in [-0.39, 0.29) is 29.5 Å². The van der Waals surface area contributed by atoms with Gasteiger partial charge >= 0.3 is 5.97 Å². The van der Waals surface area contributed by atoms with Gasteiger partial charge in [0.25, 0.3) is 11.5 Å². The quantitative estimate of drug-likeness (QED) is 0.810. The zero-order chi connectivity index (χ0) is 17.1. The van der Waals surface area contributed by atoms with Gasteiger partial charge in [-0.05, 0) is 37.3 Å². The van der Waals surface area contributed by atoms with Crippen molar-refractivity contribution in [2.75, 3.05) is 18.1 Å². The zero-order valence-corrected chi connectivity index (χ0v) is 14.4. The van der Waals surface area contributed by atoms with Crippen molar-refractivity contribution in [2.45, 2.75) is 44.6 Å². The Balaban J connectivity index is 1.89. The molecule has 1 aromatic rings. The van der Waals surface area contributed by atoms with Crippen LogP contribution in [0.2, 0.25) is 0 Å². The van der Waals surface area contributed by atoms with Crippen molar-refractivity contribution in [3.05, 3.63) is 33.2 Å². The van der Waals surface area contributed by atoms with E-state index in [0.717, 1.165) is 49.1 Å². The van der Waals surface area contributed by atoms with Gasteiger partial charge in [-0.25, -0.2) is 0 Å². The van der Waals surface area contributed by atoms with E-state index in [9.17, 15) is 14.4 Å². The van der Waals surface area contributed by atoms with Gasteiger partial charge in [0.1, 0.15) is 5.56 Å². The number of aromatic amines is 1. The van der Waals surface area contributed by atoms with Gasteiger partial charge in [-0.2, -0.15) is 11.8 Å². The number of carbonyl (C=O) groups excluding carboxylic acids is 1. The smallest absolute Gasteiger partial charge is 0.305 e. The van der Waals surface area contributed by atoms with Gasteiger partial charge in [0.2, 0.25) is 0 Å². The second-order valence-electron chi connectivity index (χ2n) is 6.40. The maximum absolute atomic E-state index is 12.9. The van der Waals surface area contributed by atoms with E-state index < -0.39 is 5.97 Å². The van der Waals surface area contributed by atoms with Gasteiger partial charge in [0.05, 0.1) is 12.5 Å². The van der Waals surface area contributed by atoms with Gasteiger partial charge in [-0.15, -0.1) is 0 Å². The highest BCUT2D eigenvalue weighted by Gasteiger charge is 2.31. The zero-order valence-electron chi connectivity index (χ0n) is 13.5. The number of nitrogens with one attached hydrogen (secondary N) is 1. The maximum Gasteiger partial charge on any atom is 0.305 e. The van der Waals surface area contributed by atoms with E-state index >= 15 is 0 Å². The van der Waals surface area contributed by atoms with Crippen LogP contribution in [-0.2, 0) is 17.6 Å². The molecule has 1 aromatic heterocycles. The Bertz CT molecular complexity index is 700. The molecule has 1 saturated heterocycles. The molecule has 0 bridgehead atoms. The van der Waals surface area contributed by atoms with Crippen LogP contribution in [0.3, 0.4) is 0 Å². The topological polar surface area (TPSA) is 90.5 Å². The minimum Gasteiger partial charge on any atom is -0.481 e. The number of aromatic nitrogens is 1. The molecule has 1 fully saturated rings. The number of rotatable bonds is 3. The monoisotopic (exact) mass is 350 g/mol. The van der Waals surface area contributed by atoms with Crippen LogP contribution in [0.4, 0.5) is 0 Å². The third-order valence-electron chi connectivity index (χ3n) is 4.72. The van der Waals surface area contributed by atoms with Crippen molar-refractivity contribution >= 4 is 23.6 Å². The number of pyridine rings is 1. The molecule has 2 heterocycles. The number of aryl methyl sites for hydroxylation is 2. The summed E-state index contributed by atoms with van der Waals surface area (Å²) in [4.78, 5) is 40.8. The molecule has 24 heavy (non-hydrogen) atoms. The molecule has 0 aromatic carbocycles. The minimum absolute atomic E-state index is 0.0818. The number of carboxylic acids is 1. The Morgan fingerprint density at radius 2 is 2.08 bits per heavy atom. The van der Waals surface area contributed by atoms with Gasteiger partial charge < -0.3 is 15.0 Å². The number of thioether (sulfide) groups is 1. The van der Waals surface area contributed by atoms with Crippen LogP contribution >= 0.6 is 11.8 Å². The predicted molar refractivity (Wildman–Crippen MR) is 92.7 cm³/mol. The molecular weight excluding hydrogens is 328 g/mol. The van der Waals surface area contributed by atoms with E-state index in [1.54, 1.807) is 22.7 Å². The van der Waals surface area contributed by atoms with Crippen molar-refractivity contribution in [3.8, 4) is 0 Å². The first kappa shape index (κ1) is 17.1. The Labute approximate surface area is 144 Å². The summed E-state index contributed by atoms with van der Waals surface area (Å²) in [7, 11) is 0. The molecule has 1 amide bonds. The fraction of sp³-hybridized carbons (Fsp3) is 0.588. The number of hydrogen-bond donors (Lipinski definition) is 2. The predicted octanol–water partition coefficient (Wildman–Crippen LogP) is 1.68. The second-order valence-corrected chi connectivity index (χ2v) is 7.55. The molecular formula is C17H22N2O4S. The molecule has 0 radical (unpaired) electrons. The largest absolute Gasteiger partial charge is 0.481 e. The molecule has 7 heteroatoms. The van der Waals surface area contributed by atoms with Crippen LogP contribution < -0.4 is 5.56 Å². The number of aliphatic carboxylic acids is 1. The first-order chi connectivity index (χ1) is 11.6. The van der Waals surface area contributed by atoms with Crippen LogP contribution in [-0.4, -0.2) is 51.0 Å². The SMILES string of the molecule is O=C(O)CC1CSCCN1C(=O)c1cc2c([nH]c1=O)CCCCC2. The summed E-state index contributed by atoms with van der Waals surface area (Å²) >= 11 is 1.65. The minimum atomic E-state index is -0.920. The van der Waals surface area contributed by atoms with Gasteiger partial charge in [0.15, 0.2) is 0 Å². The lowest BCUT2D eigenvalue weighted by molar-refractivity contribution is -0.138. The lowest BCUT2D eigenvalue weighted by Gasteiger charge is -2.34. The molecule has 1 atom stereocenters. The van der Waals surface area contributed by atoms with Crippen LogP contribution in [0, 0.1) is 0 Å². The normalized spacial score (nSPS) is 21.0. The summed E-state index contributed by atoms with van der Waals surface area (Å²) in [5.74, 6) is 0.108. The number of carboxylic acid groups (broad SMARTS) is 1. The number of carbonyl (C=O) groups is 2. The first-order valence-corrected chi connectivity index (χ1v) is 9.57. The van der Waals surface area contributed by atoms with Crippen molar-refractivity contribution in [1.82, 2.24) is 9.88 Å². The van der Waals surface area contributed by atoms with E-state index in [1.165, 1.54) is 0 Å². The van der Waals surface area contributed by atoms with E-state index in [2.05, 4.69) is 4.98 Å². The second kappa shape index (κ2) is 7.42. The standard InChI is InChI=1S/C17H22N2O4S/c20-15(21)9-12-10-24-7-6-19(12)17(23)13-8-11-4-2-1-3-5-14(11)18-16(13)22/h8,12H,1-7,9-10H2,(H,18,22)(H,20,21). The van der Waals surface area contributed by atoms with Crippen LogP contribution in [0.1, 0.15) is 47.3 Å². The highest BCUT2D eigenvalue weighted by Crippen LogP contribution is 2.22. The molecule has 0 spiro atoms. The van der Waals surface area contributed by atoms with Gasteiger partial charge in [0, 0.05) is 23.7 Å². The summed E-state index contributed by atoms with van der Waals surface area (Å²) in [5.41, 5.74) is 1.80. The van der Waals surface area contributed by atoms with Crippen molar-refractivity contribution < 1.29 is 14.7 Å². The average molecular weight is 350 g/mol. The number of amides is 1. The fourth-order valence-corrected chi connectivity index (χ4v) is 4.52. The number of nitrogens with zero attached hydrogens (tertiary/aromatic N) is 1. The summed E-state index contributed by atoms with van der Waals surface area (Å²) < 4.78 is 0. The average Bonchev–Trinajstić information content (AvgIpc) is 2.78. The third kappa shape index (κ3) is 3.66. The molecule has 1 aliphatic heterocycles. The van der Waals surface area contributed by atoms with E-state index in [1.807, 2.05) is 0 Å². The molecule has 2 aliphatic rings. The molecule has 0 saturated carbocycles. The van der Waals surface area contributed by atoms with Crippen LogP contribution in [0.15, 0.2) is 10.9 Å². The van der Waals surface area contributed by atoms with Gasteiger partial charge in [-0.1, -0.05) is 6.42 Å². The maximum atomic E-state index is 12.9. The Kier molecular flexibility index (Phi) is 5.28. The van der Waals surface area contributed by atoms with Crippen molar-refractivity contribution in [3.63, 3.8) is 0 Å². The molecule has 1 aliphatic carbocycles. The summed E-state index contributed by atoms with van der Waals surface area (Å²) in [6.07, 6.45) is 4.89. The third-order valence-corrected chi connectivity index (χ3v) is 5.81. The Morgan fingerprint density at radius 3 is 2.88 bits per heavy atom. The number of fused-ring (bicyclic) bond motifs is 1. The van der Waals surface area contributed by atoms with E-state index in [4.69, 9.17) is 5.11 Å². The Hall–Kier alpha value is -1.76. The van der Waals surface area contributed by atoms with Crippen molar-refractivity contribution in [1.29, 1.82) is 0 Å². The van der Waals surface area contributed by atoms with Gasteiger partial charge in [-0.3, -0.25) is 14.4 Å². The lowest BCUT2D eigenvalue weighted by atomic mass is 10.0. The summed E-state index contributed by atoms with van der Waals surface area (Å²) in [6, 6.07) is 1.38. The van der Waals surface area contributed by atoms with Crippen LogP contribution in [0.25, 0.3) is 0 Å². The van der Waals surface area contributed by atoms with E-state index in [0.29, 0.717) is 12.3 Å². The molecule has 6 nitrogen and oxygen atoms in total. The summed E-state index contributed by atoms with van der Waals surface area (Å²) in [6.45, 7) is 0.484. The lowest BCUT2D eigenvalue weighted by Crippen LogP contribution is -2.48. The molecule has 2 N–H and O–H groups in total.